The average Bonchev–Trinajstić information content (AvgIpc) is 2.16. The van der Waals surface area contributed by atoms with Crippen LogP contribution >= 0.6 is 15.9 Å². The minimum atomic E-state index is -0.281. The van der Waals surface area contributed by atoms with Crippen LogP contribution in [0.5, 0.6) is 0 Å². The van der Waals surface area contributed by atoms with Crippen LogP contribution in [0, 0.1) is 12.7 Å². The third kappa shape index (κ3) is 1.35. The van der Waals surface area contributed by atoms with Gasteiger partial charge in [-0.2, -0.15) is 0 Å². The van der Waals surface area contributed by atoms with Gasteiger partial charge in [0.1, 0.15) is 5.82 Å². The highest BCUT2D eigenvalue weighted by Crippen LogP contribution is 2.26. The van der Waals surface area contributed by atoms with Gasteiger partial charge in [0, 0.05) is 21.5 Å². The lowest BCUT2D eigenvalue weighted by molar-refractivity contribution is 0.619. The first-order valence-electron chi connectivity index (χ1n) is 4.07. The summed E-state index contributed by atoms with van der Waals surface area (Å²) in [5.74, 6) is -0.281. The monoisotopic (exact) mass is 255 g/mol. The molecule has 2 aromatic rings. The minimum Gasteiger partial charge on any atom is -0.321 e. The predicted octanol–water partition coefficient (Wildman–Crippen LogP) is 2.74. The Bertz CT molecular complexity index is 562. The van der Waals surface area contributed by atoms with Crippen LogP contribution in [0.1, 0.15) is 5.56 Å². The number of benzene rings is 1. The molecule has 4 heteroatoms. The highest BCUT2D eigenvalue weighted by atomic mass is 79.9. The summed E-state index contributed by atoms with van der Waals surface area (Å²) in [5, 5.41) is 0.680. The molecule has 0 bridgehead atoms. The first-order valence-corrected chi connectivity index (χ1v) is 4.86. The highest BCUT2D eigenvalue weighted by molar-refractivity contribution is 9.10. The first kappa shape index (κ1) is 9.40. The number of aromatic amines is 1. The summed E-state index contributed by atoms with van der Waals surface area (Å²) in [7, 11) is 0. The van der Waals surface area contributed by atoms with E-state index in [0.29, 0.717) is 20.9 Å². The summed E-state index contributed by atoms with van der Waals surface area (Å²) in [6.07, 6.45) is 0. The van der Waals surface area contributed by atoms with Gasteiger partial charge in [-0.15, -0.1) is 0 Å². The molecule has 1 aromatic heterocycles. The molecule has 0 aliphatic rings. The van der Waals surface area contributed by atoms with Gasteiger partial charge in [-0.05, 0) is 35.0 Å². The number of aromatic nitrogens is 1. The van der Waals surface area contributed by atoms with Crippen molar-refractivity contribution < 1.29 is 4.39 Å². The van der Waals surface area contributed by atoms with E-state index in [-0.39, 0.29) is 11.4 Å². The van der Waals surface area contributed by atoms with E-state index in [0.717, 1.165) is 0 Å². The van der Waals surface area contributed by atoms with Gasteiger partial charge in [0.05, 0.1) is 5.52 Å². The molecular weight excluding hydrogens is 249 g/mol. The van der Waals surface area contributed by atoms with Gasteiger partial charge in [0.15, 0.2) is 0 Å². The van der Waals surface area contributed by atoms with Gasteiger partial charge >= 0.3 is 0 Å². The van der Waals surface area contributed by atoms with Crippen LogP contribution < -0.4 is 5.56 Å². The summed E-state index contributed by atoms with van der Waals surface area (Å²) in [6, 6.07) is 4.39. The maximum Gasteiger partial charge on any atom is 0.248 e. The molecule has 72 valence electrons. The molecule has 2 rings (SSSR count). The van der Waals surface area contributed by atoms with Crippen molar-refractivity contribution in [2.75, 3.05) is 0 Å². The number of rotatable bonds is 0. The van der Waals surface area contributed by atoms with Crippen molar-refractivity contribution >= 4 is 26.8 Å². The van der Waals surface area contributed by atoms with Crippen LogP contribution in [-0.2, 0) is 0 Å². The molecule has 0 amide bonds. The number of nitrogens with one attached hydrogen (secondary N) is 1. The van der Waals surface area contributed by atoms with Gasteiger partial charge in [-0.25, -0.2) is 4.39 Å². The SMILES string of the molecule is Cc1c(F)cc2ccc(=O)[nH]c2c1Br. The van der Waals surface area contributed by atoms with E-state index in [1.807, 2.05) is 0 Å². The van der Waals surface area contributed by atoms with E-state index in [1.165, 1.54) is 12.1 Å². The van der Waals surface area contributed by atoms with Crippen molar-refractivity contribution in [3.8, 4) is 0 Å². The zero-order valence-corrected chi connectivity index (χ0v) is 8.98. The average molecular weight is 256 g/mol. The number of pyridine rings is 1. The van der Waals surface area contributed by atoms with E-state index in [4.69, 9.17) is 0 Å². The molecule has 1 N–H and O–H groups in total. The lowest BCUT2D eigenvalue weighted by atomic mass is 10.1. The fraction of sp³-hybridized carbons (Fsp3) is 0.100. The molecule has 14 heavy (non-hydrogen) atoms. The van der Waals surface area contributed by atoms with E-state index < -0.39 is 0 Å². The summed E-state index contributed by atoms with van der Waals surface area (Å²) in [4.78, 5) is 13.7. The highest BCUT2D eigenvalue weighted by Gasteiger charge is 2.07. The maximum atomic E-state index is 13.3. The number of fused-ring (bicyclic) bond motifs is 1. The normalized spacial score (nSPS) is 10.8. The second-order valence-corrected chi connectivity index (χ2v) is 3.88. The first-order chi connectivity index (χ1) is 6.59. The molecular formula is C10H7BrFNO. The predicted molar refractivity (Wildman–Crippen MR) is 57.0 cm³/mol. The third-order valence-corrected chi connectivity index (χ3v) is 3.13. The Morgan fingerprint density at radius 1 is 1.43 bits per heavy atom. The molecule has 0 aliphatic heterocycles. The Balaban J connectivity index is 2.99. The topological polar surface area (TPSA) is 32.9 Å². The van der Waals surface area contributed by atoms with Gasteiger partial charge in [-0.1, -0.05) is 0 Å². The Hall–Kier alpha value is -1.16. The number of halogens is 2. The van der Waals surface area contributed by atoms with Crippen molar-refractivity contribution in [1.29, 1.82) is 0 Å². The van der Waals surface area contributed by atoms with Gasteiger partial charge in [0.25, 0.3) is 0 Å². The van der Waals surface area contributed by atoms with Crippen LogP contribution in [0.25, 0.3) is 10.9 Å². The Morgan fingerprint density at radius 2 is 2.14 bits per heavy atom. The lowest BCUT2D eigenvalue weighted by Gasteiger charge is -2.04. The molecule has 1 heterocycles. The maximum absolute atomic E-state index is 13.3. The van der Waals surface area contributed by atoms with Crippen molar-refractivity contribution in [3.63, 3.8) is 0 Å². The molecule has 0 radical (unpaired) electrons. The Morgan fingerprint density at radius 3 is 2.86 bits per heavy atom. The molecule has 0 atom stereocenters. The van der Waals surface area contributed by atoms with Gasteiger partial charge in [-0.3, -0.25) is 4.79 Å². The van der Waals surface area contributed by atoms with Crippen molar-refractivity contribution in [3.05, 3.63) is 44.4 Å². The third-order valence-electron chi connectivity index (χ3n) is 2.14. The van der Waals surface area contributed by atoms with Gasteiger partial charge in [0.2, 0.25) is 5.56 Å². The van der Waals surface area contributed by atoms with Crippen LogP contribution in [0.3, 0.4) is 0 Å². The van der Waals surface area contributed by atoms with Crippen LogP contribution in [0.4, 0.5) is 4.39 Å². The summed E-state index contributed by atoms with van der Waals surface area (Å²) in [5.41, 5.74) is 0.944. The zero-order valence-electron chi connectivity index (χ0n) is 7.40. The number of hydrogen-bond acceptors (Lipinski definition) is 1. The van der Waals surface area contributed by atoms with E-state index in [1.54, 1.807) is 13.0 Å². The molecule has 0 saturated heterocycles. The fourth-order valence-electron chi connectivity index (χ4n) is 1.32. The molecule has 0 saturated carbocycles. The van der Waals surface area contributed by atoms with E-state index >= 15 is 0 Å². The molecule has 1 aromatic carbocycles. The largest absolute Gasteiger partial charge is 0.321 e. The lowest BCUT2D eigenvalue weighted by Crippen LogP contribution is -2.03. The molecule has 0 aliphatic carbocycles. The van der Waals surface area contributed by atoms with Crippen LogP contribution in [0.2, 0.25) is 0 Å². The standard InChI is InChI=1S/C10H7BrFNO/c1-5-7(12)4-6-2-3-8(14)13-10(6)9(5)11/h2-4H,1H3,(H,13,14). The molecule has 0 unspecified atom stereocenters. The van der Waals surface area contributed by atoms with Gasteiger partial charge < -0.3 is 4.98 Å². The Kier molecular flexibility index (Phi) is 2.15. The quantitative estimate of drug-likeness (QED) is 0.772. The van der Waals surface area contributed by atoms with E-state index in [2.05, 4.69) is 20.9 Å². The minimum absolute atomic E-state index is 0.191. The van der Waals surface area contributed by atoms with Crippen molar-refractivity contribution in [1.82, 2.24) is 4.98 Å². The van der Waals surface area contributed by atoms with E-state index in [9.17, 15) is 9.18 Å². The Labute approximate surface area is 87.9 Å². The number of hydrogen-bond donors (Lipinski definition) is 1. The molecule has 2 nitrogen and oxygen atoms in total. The summed E-state index contributed by atoms with van der Waals surface area (Å²) < 4.78 is 13.9. The van der Waals surface area contributed by atoms with Crippen molar-refractivity contribution in [2.45, 2.75) is 6.92 Å². The number of H-pyrrole nitrogens is 1. The second-order valence-electron chi connectivity index (χ2n) is 3.08. The molecule has 0 fully saturated rings. The van der Waals surface area contributed by atoms with Crippen molar-refractivity contribution in [2.24, 2.45) is 0 Å². The second kappa shape index (κ2) is 3.20. The zero-order chi connectivity index (χ0) is 10.3. The summed E-state index contributed by atoms with van der Waals surface area (Å²) >= 11 is 3.26. The molecule has 0 spiro atoms. The summed E-state index contributed by atoms with van der Waals surface area (Å²) in [6.45, 7) is 1.66. The smallest absolute Gasteiger partial charge is 0.248 e. The van der Waals surface area contributed by atoms with Crippen LogP contribution in [0.15, 0.2) is 27.5 Å². The van der Waals surface area contributed by atoms with Crippen LogP contribution in [-0.4, -0.2) is 4.98 Å². The fourth-order valence-corrected chi connectivity index (χ4v) is 1.84.